The highest BCUT2D eigenvalue weighted by atomic mass is 16.1. The molecule has 0 unspecified atom stereocenters. The maximum absolute atomic E-state index is 11.2. The molecule has 0 saturated carbocycles. The van der Waals surface area contributed by atoms with Gasteiger partial charge in [0.2, 0.25) is 5.91 Å². The van der Waals surface area contributed by atoms with Gasteiger partial charge in [0.15, 0.2) is 0 Å². The largest absolute Gasteiger partial charge is 0.367 e. The molecule has 0 aromatic heterocycles. The zero-order chi connectivity index (χ0) is 9.97. The predicted octanol–water partition coefficient (Wildman–Crippen LogP) is -0.823. The van der Waals surface area contributed by atoms with Gasteiger partial charge in [-0.2, -0.15) is 0 Å². The monoisotopic (exact) mass is 186 g/mol. The van der Waals surface area contributed by atoms with E-state index in [0.717, 1.165) is 10.4 Å². The molecule has 1 aliphatic rings. The molecule has 0 atom stereocenters. The van der Waals surface area contributed by atoms with E-state index in [4.69, 9.17) is 5.73 Å². The van der Waals surface area contributed by atoms with Crippen LogP contribution in [0.3, 0.4) is 0 Å². The highest BCUT2D eigenvalue weighted by molar-refractivity contribution is 6.16. The third kappa shape index (κ3) is 1.40. The van der Waals surface area contributed by atoms with E-state index in [1.54, 1.807) is 12.3 Å². The minimum Gasteiger partial charge on any atom is -0.367 e. The number of primary amides is 1. The van der Waals surface area contributed by atoms with Gasteiger partial charge in [-0.15, -0.1) is 0 Å². The number of benzene rings is 1. The minimum absolute atomic E-state index is 0.411. The molecule has 3 N–H and O–H groups in total. The van der Waals surface area contributed by atoms with Gasteiger partial charge >= 0.3 is 0 Å². The number of carbonyl (C=O) groups is 1. The Morgan fingerprint density at radius 3 is 2.86 bits per heavy atom. The van der Waals surface area contributed by atoms with Gasteiger partial charge in [0.25, 0.3) is 0 Å². The lowest BCUT2D eigenvalue weighted by molar-refractivity contribution is -0.112. The van der Waals surface area contributed by atoms with E-state index < -0.39 is 5.91 Å². The fourth-order valence-corrected chi connectivity index (χ4v) is 1.44. The van der Waals surface area contributed by atoms with Crippen LogP contribution in [0.25, 0.3) is 11.8 Å². The lowest BCUT2D eigenvalue weighted by Crippen LogP contribution is -2.30. The number of nitrogens with one attached hydrogen (secondary N) is 1. The second-order valence-corrected chi connectivity index (χ2v) is 3.01. The molecule has 70 valence electrons. The zero-order valence-electron chi connectivity index (χ0n) is 7.53. The minimum atomic E-state index is -0.411. The summed E-state index contributed by atoms with van der Waals surface area (Å²) in [6.45, 7) is 0. The number of hydrogen-bond donors (Lipinski definition) is 2. The molecule has 0 aliphatic carbocycles. The standard InChI is InChI=1S/C11H10N2O/c12-11(14)10-5-6-13-7-8-3-1-2-4-9(8)10/h1-7,13H,(H2,12,14). The van der Waals surface area contributed by atoms with E-state index in [9.17, 15) is 4.79 Å². The Balaban J connectivity index is 2.88. The number of rotatable bonds is 1. The van der Waals surface area contributed by atoms with Gasteiger partial charge in [0.05, 0.1) is 0 Å². The Kier molecular flexibility index (Phi) is 2.07. The molecule has 1 aromatic rings. The van der Waals surface area contributed by atoms with Gasteiger partial charge < -0.3 is 11.1 Å². The molecule has 0 radical (unpaired) electrons. The van der Waals surface area contributed by atoms with Crippen molar-refractivity contribution in [2.45, 2.75) is 0 Å². The Hall–Kier alpha value is -2.03. The summed E-state index contributed by atoms with van der Waals surface area (Å²) in [5.74, 6) is -0.411. The van der Waals surface area contributed by atoms with E-state index in [1.165, 1.54) is 0 Å². The number of nitrogens with two attached hydrogens (primary N) is 1. The molecule has 1 aliphatic heterocycles. The van der Waals surface area contributed by atoms with Crippen molar-refractivity contribution in [1.29, 1.82) is 0 Å². The first-order chi connectivity index (χ1) is 6.79. The van der Waals surface area contributed by atoms with Crippen LogP contribution in [-0.2, 0) is 4.79 Å². The number of carbonyl (C=O) groups excluding carboxylic acids is 1. The van der Waals surface area contributed by atoms with Crippen LogP contribution in [-0.4, -0.2) is 5.91 Å². The molecular weight excluding hydrogens is 176 g/mol. The summed E-state index contributed by atoms with van der Waals surface area (Å²) in [4.78, 5) is 11.2. The second-order valence-electron chi connectivity index (χ2n) is 3.01. The van der Waals surface area contributed by atoms with Gasteiger partial charge in [0, 0.05) is 18.0 Å². The molecule has 1 aromatic carbocycles. The number of fused-ring (bicyclic) bond motifs is 1. The van der Waals surface area contributed by atoms with Crippen molar-refractivity contribution < 1.29 is 4.79 Å². The van der Waals surface area contributed by atoms with Crippen LogP contribution in [0.2, 0.25) is 0 Å². The summed E-state index contributed by atoms with van der Waals surface area (Å²) in [5.41, 5.74) is 5.81. The summed E-state index contributed by atoms with van der Waals surface area (Å²) in [5, 5.41) is 4.78. The maximum Gasteiger partial charge on any atom is 0.249 e. The van der Waals surface area contributed by atoms with Crippen LogP contribution in [0.1, 0.15) is 0 Å². The van der Waals surface area contributed by atoms with Crippen LogP contribution in [0.5, 0.6) is 0 Å². The molecule has 2 rings (SSSR count). The third-order valence-electron chi connectivity index (χ3n) is 2.10. The average molecular weight is 186 g/mol. The topological polar surface area (TPSA) is 55.1 Å². The Bertz CT molecular complexity index is 514. The van der Waals surface area contributed by atoms with Crippen molar-refractivity contribution >= 4 is 17.7 Å². The van der Waals surface area contributed by atoms with Crippen LogP contribution < -0.4 is 21.5 Å². The maximum atomic E-state index is 11.2. The summed E-state index contributed by atoms with van der Waals surface area (Å²) in [7, 11) is 0. The van der Waals surface area contributed by atoms with Crippen molar-refractivity contribution in [3.8, 4) is 0 Å². The lowest BCUT2D eigenvalue weighted by Gasteiger charge is -1.94. The second kappa shape index (κ2) is 3.38. The van der Waals surface area contributed by atoms with Crippen molar-refractivity contribution in [2.75, 3.05) is 0 Å². The van der Waals surface area contributed by atoms with Crippen LogP contribution in [0.15, 0.2) is 36.5 Å². The fraction of sp³-hybridized carbons (Fsp3) is 0. The average Bonchev–Trinajstić information content (AvgIpc) is 2.39. The van der Waals surface area contributed by atoms with E-state index >= 15 is 0 Å². The van der Waals surface area contributed by atoms with E-state index in [2.05, 4.69) is 5.32 Å². The van der Waals surface area contributed by atoms with Crippen LogP contribution in [0, 0.1) is 0 Å². The molecule has 1 amide bonds. The van der Waals surface area contributed by atoms with Gasteiger partial charge in [-0.05, 0) is 16.5 Å². The first-order valence-electron chi connectivity index (χ1n) is 4.31. The van der Waals surface area contributed by atoms with Gasteiger partial charge in [-0.1, -0.05) is 24.3 Å². The van der Waals surface area contributed by atoms with E-state index in [1.807, 2.05) is 30.5 Å². The molecule has 0 spiro atoms. The predicted molar refractivity (Wildman–Crippen MR) is 55.0 cm³/mol. The first-order valence-corrected chi connectivity index (χ1v) is 4.31. The van der Waals surface area contributed by atoms with Crippen molar-refractivity contribution in [2.24, 2.45) is 5.73 Å². The molecule has 3 nitrogen and oxygen atoms in total. The highest BCUT2D eigenvalue weighted by Gasteiger charge is 2.03. The van der Waals surface area contributed by atoms with Crippen molar-refractivity contribution in [3.05, 3.63) is 47.0 Å². The van der Waals surface area contributed by atoms with E-state index in [-0.39, 0.29) is 0 Å². The SMILES string of the molecule is NC(=O)C1=c2ccccc2=CNC=C1. The Morgan fingerprint density at radius 1 is 1.29 bits per heavy atom. The summed E-state index contributed by atoms with van der Waals surface area (Å²) >= 11 is 0. The smallest absolute Gasteiger partial charge is 0.249 e. The van der Waals surface area contributed by atoms with Gasteiger partial charge in [0.1, 0.15) is 0 Å². The first kappa shape index (κ1) is 8.56. The molecule has 0 bridgehead atoms. The fourth-order valence-electron chi connectivity index (χ4n) is 1.44. The zero-order valence-corrected chi connectivity index (χ0v) is 7.53. The lowest BCUT2D eigenvalue weighted by atomic mass is 10.1. The molecule has 1 heterocycles. The molecule has 0 saturated heterocycles. The van der Waals surface area contributed by atoms with Crippen LogP contribution in [0.4, 0.5) is 0 Å². The van der Waals surface area contributed by atoms with Crippen molar-refractivity contribution in [3.63, 3.8) is 0 Å². The highest BCUT2D eigenvalue weighted by Crippen LogP contribution is 1.93. The molecule has 3 heteroatoms. The third-order valence-corrected chi connectivity index (χ3v) is 2.10. The van der Waals surface area contributed by atoms with Gasteiger partial charge in [-0.3, -0.25) is 4.79 Å². The molecule has 14 heavy (non-hydrogen) atoms. The van der Waals surface area contributed by atoms with Gasteiger partial charge in [-0.25, -0.2) is 0 Å². The summed E-state index contributed by atoms with van der Waals surface area (Å²) < 4.78 is 0. The quantitative estimate of drug-likeness (QED) is 0.602. The molecule has 0 fully saturated rings. The summed E-state index contributed by atoms with van der Waals surface area (Å²) in [6, 6.07) is 7.61. The number of amides is 1. The molecular formula is C11H10N2O. The normalized spacial score (nSPS) is 13.6. The summed E-state index contributed by atoms with van der Waals surface area (Å²) in [6.07, 6.45) is 5.21. The van der Waals surface area contributed by atoms with Crippen molar-refractivity contribution in [1.82, 2.24) is 5.32 Å². The Labute approximate surface area is 81.2 Å². The van der Waals surface area contributed by atoms with Crippen LogP contribution >= 0.6 is 0 Å². The van der Waals surface area contributed by atoms with E-state index in [0.29, 0.717) is 5.57 Å². The Morgan fingerprint density at radius 2 is 2.07 bits per heavy atom. The number of hydrogen-bond acceptors (Lipinski definition) is 2.